The molecule has 2 aromatic rings. The second-order valence-electron chi connectivity index (χ2n) is 10.6. The van der Waals surface area contributed by atoms with Crippen LogP contribution in [0.2, 0.25) is 0 Å². The van der Waals surface area contributed by atoms with E-state index < -0.39 is 12.1 Å². The summed E-state index contributed by atoms with van der Waals surface area (Å²) in [7, 11) is 1.61. The van der Waals surface area contributed by atoms with Crippen LogP contribution in [0.15, 0.2) is 18.3 Å². The number of amides is 2. The molecule has 1 fully saturated rings. The van der Waals surface area contributed by atoms with Crippen molar-refractivity contribution in [2.24, 2.45) is 11.3 Å². The van der Waals surface area contributed by atoms with E-state index in [9.17, 15) is 14.7 Å². The van der Waals surface area contributed by atoms with Crippen molar-refractivity contribution in [3.8, 4) is 0 Å². The summed E-state index contributed by atoms with van der Waals surface area (Å²) in [6, 6.07) is 2.93. The molecule has 2 atom stereocenters. The quantitative estimate of drug-likeness (QED) is 0.447. The number of hydrogen-bond acceptors (Lipinski definition) is 5. The lowest BCUT2D eigenvalue weighted by atomic mass is 9.75. The van der Waals surface area contributed by atoms with Crippen LogP contribution in [0.5, 0.6) is 0 Å². The largest absolute Gasteiger partial charge is 0.388 e. The standard InChI is InChI=1S/C26H36N4O4/c1-15-22-20(11-26(2,3)12-21(22)31)29-23(15)25(33)30-19(10-7-16-5-6-16)24(32)28-17-8-9-18(14-34-4)27-13-17/h8-9,13,16,19,21,29,31H,5-7,10-12,14H2,1-4H3,(H,28,32)(H,30,33). The van der Waals surface area contributed by atoms with Crippen LogP contribution < -0.4 is 10.6 Å². The monoisotopic (exact) mass is 468 g/mol. The Hall–Kier alpha value is -2.71. The molecule has 0 radical (unpaired) electrons. The third-order valence-electron chi connectivity index (χ3n) is 6.91. The Morgan fingerprint density at radius 3 is 2.74 bits per heavy atom. The zero-order chi connectivity index (χ0) is 24.5. The maximum absolute atomic E-state index is 13.3. The normalized spacial score (nSPS) is 19.9. The summed E-state index contributed by atoms with van der Waals surface area (Å²) < 4.78 is 5.07. The fourth-order valence-corrected chi connectivity index (χ4v) is 4.94. The van der Waals surface area contributed by atoms with Crippen molar-refractivity contribution in [1.82, 2.24) is 15.3 Å². The molecule has 2 unspecified atom stereocenters. The number of aliphatic hydroxyl groups excluding tert-OH is 1. The highest BCUT2D eigenvalue weighted by Crippen LogP contribution is 2.42. The Kier molecular flexibility index (Phi) is 7.09. The Morgan fingerprint density at radius 2 is 2.09 bits per heavy atom. The van der Waals surface area contributed by atoms with Crippen LogP contribution in [0.4, 0.5) is 5.69 Å². The number of nitrogens with one attached hydrogen (secondary N) is 3. The minimum atomic E-state index is -0.659. The Balaban J connectivity index is 1.48. The van der Waals surface area contributed by atoms with Crippen LogP contribution in [0.1, 0.15) is 85.1 Å². The summed E-state index contributed by atoms with van der Waals surface area (Å²) in [6.07, 6.45) is 6.27. The van der Waals surface area contributed by atoms with Crippen LogP contribution in [0, 0.1) is 18.3 Å². The molecule has 8 heteroatoms. The Bertz CT molecular complexity index is 1040. The van der Waals surface area contributed by atoms with Gasteiger partial charge in [-0.3, -0.25) is 14.6 Å². The number of aliphatic hydroxyl groups is 1. The summed E-state index contributed by atoms with van der Waals surface area (Å²) in [5.74, 6) is 0.0611. The van der Waals surface area contributed by atoms with Crippen molar-refractivity contribution in [2.75, 3.05) is 12.4 Å². The molecule has 8 nitrogen and oxygen atoms in total. The molecule has 2 aromatic heterocycles. The molecule has 1 saturated carbocycles. The molecule has 4 rings (SSSR count). The molecule has 0 aliphatic heterocycles. The first-order valence-electron chi connectivity index (χ1n) is 12.1. The van der Waals surface area contributed by atoms with Gasteiger partial charge in [-0.15, -0.1) is 0 Å². The van der Waals surface area contributed by atoms with Gasteiger partial charge in [-0.05, 0) is 61.6 Å². The van der Waals surface area contributed by atoms with E-state index in [2.05, 4.69) is 34.4 Å². The number of methoxy groups -OCH3 is 1. The van der Waals surface area contributed by atoms with Gasteiger partial charge in [-0.1, -0.05) is 26.7 Å². The van der Waals surface area contributed by atoms with Crippen LogP contribution in [0.25, 0.3) is 0 Å². The first-order chi connectivity index (χ1) is 16.2. The number of anilines is 1. The molecule has 0 bridgehead atoms. The van der Waals surface area contributed by atoms with Gasteiger partial charge < -0.3 is 25.5 Å². The van der Waals surface area contributed by atoms with E-state index in [0.29, 0.717) is 36.7 Å². The summed E-state index contributed by atoms with van der Waals surface area (Å²) in [5, 5.41) is 16.5. The highest BCUT2D eigenvalue weighted by atomic mass is 16.5. The molecule has 0 aromatic carbocycles. The highest BCUT2D eigenvalue weighted by molar-refractivity contribution is 6.01. The summed E-state index contributed by atoms with van der Waals surface area (Å²) in [5.41, 5.74) is 4.23. The number of carbonyl (C=O) groups is 2. The van der Waals surface area contributed by atoms with Gasteiger partial charge in [-0.2, -0.15) is 0 Å². The van der Waals surface area contributed by atoms with Gasteiger partial charge in [0.2, 0.25) is 5.91 Å². The minimum absolute atomic E-state index is 0.0447. The lowest BCUT2D eigenvalue weighted by Gasteiger charge is -2.33. The van der Waals surface area contributed by atoms with Gasteiger partial charge >= 0.3 is 0 Å². The van der Waals surface area contributed by atoms with E-state index in [-0.39, 0.29) is 17.2 Å². The van der Waals surface area contributed by atoms with Crippen LogP contribution >= 0.6 is 0 Å². The van der Waals surface area contributed by atoms with Crippen molar-refractivity contribution < 1.29 is 19.4 Å². The lowest BCUT2D eigenvalue weighted by molar-refractivity contribution is -0.118. The minimum Gasteiger partial charge on any atom is -0.388 e. The number of nitrogens with zero attached hydrogens (tertiary/aromatic N) is 1. The maximum atomic E-state index is 13.3. The summed E-state index contributed by atoms with van der Waals surface area (Å²) >= 11 is 0. The SMILES string of the molecule is COCc1ccc(NC(=O)C(CCC2CC2)NC(=O)c2[nH]c3c(c2C)C(O)CC(C)(C)C3)cn1. The van der Waals surface area contributed by atoms with E-state index in [4.69, 9.17) is 4.74 Å². The molecule has 34 heavy (non-hydrogen) atoms. The zero-order valence-electron chi connectivity index (χ0n) is 20.5. The lowest BCUT2D eigenvalue weighted by Crippen LogP contribution is -2.44. The van der Waals surface area contributed by atoms with Gasteiger partial charge in [0, 0.05) is 18.4 Å². The maximum Gasteiger partial charge on any atom is 0.268 e. The fraction of sp³-hybridized carbons (Fsp3) is 0.577. The number of carbonyl (C=O) groups excluding carboxylic acids is 2. The Labute approximate surface area is 200 Å². The van der Waals surface area contributed by atoms with Crippen molar-refractivity contribution in [2.45, 2.75) is 78.0 Å². The van der Waals surface area contributed by atoms with Gasteiger partial charge in [0.1, 0.15) is 11.7 Å². The topological polar surface area (TPSA) is 116 Å². The molecular formula is C26H36N4O4. The van der Waals surface area contributed by atoms with Crippen molar-refractivity contribution in [3.63, 3.8) is 0 Å². The van der Waals surface area contributed by atoms with Gasteiger partial charge in [0.25, 0.3) is 5.91 Å². The average molecular weight is 469 g/mol. The second kappa shape index (κ2) is 9.88. The number of fused-ring (bicyclic) bond motifs is 1. The molecular weight excluding hydrogens is 432 g/mol. The highest BCUT2D eigenvalue weighted by Gasteiger charge is 2.36. The van der Waals surface area contributed by atoms with E-state index in [0.717, 1.165) is 35.4 Å². The number of H-pyrrole nitrogens is 1. The van der Waals surface area contributed by atoms with E-state index in [1.807, 2.05) is 6.92 Å². The summed E-state index contributed by atoms with van der Waals surface area (Å²) in [6.45, 7) is 6.49. The van der Waals surface area contributed by atoms with Crippen LogP contribution in [-0.4, -0.2) is 40.0 Å². The van der Waals surface area contributed by atoms with Crippen LogP contribution in [0.3, 0.4) is 0 Å². The molecule has 2 heterocycles. The Morgan fingerprint density at radius 1 is 1.32 bits per heavy atom. The third kappa shape index (κ3) is 5.67. The molecule has 0 saturated heterocycles. The zero-order valence-corrected chi connectivity index (χ0v) is 20.5. The van der Waals surface area contributed by atoms with Crippen molar-refractivity contribution in [1.29, 1.82) is 0 Å². The van der Waals surface area contributed by atoms with E-state index >= 15 is 0 Å². The number of aromatic nitrogens is 2. The number of pyridine rings is 1. The first kappa shape index (κ1) is 24.4. The molecule has 2 aliphatic carbocycles. The predicted molar refractivity (Wildman–Crippen MR) is 129 cm³/mol. The molecule has 0 spiro atoms. The van der Waals surface area contributed by atoms with E-state index in [1.54, 1.807) is 25.4 Å². The predicted octanol–water partition coefficient (Wildman–Crippen LogP) is 3.80. The fourth-order valence-electron chi connectivity index (χ4n) is 4.94. The van der Waals surface area contributed by atoms with E-state index in [1.165, 1.54) is 12.8 Å². The van der Waals surface area contributed by atoms with Crippen molar-refractivity contribution >= 4 is 17.5 Å². The molecule has 2 amide bonds. The summed E-state index contributed by atoms with van der Waals surface area (Å²) in [4.78, 5) is 33.9. The van der Waals surface area contributed by atoms with Gasteiger partial charge in [0.05, 0.1) is 30.3 Å². The molecule has 4 N–H and O–H groups in total. The van der Waals surface area contributed by atoms with Crippen molar-refractivity contribution in [3.05, 3.63) is 46.5 Å². The third-order valence-corrected chi connectivity index (χ3v) is 6.91. The molecule has 2 aliphatic rings. The number of aromatic amines is 1. The number of rotatable bonds is 9. The van der Waals surface area contributed by atoms with Crippen LogP contribution in [-0.2, 0) is 22.6 Å². The van der Waals surface area contributed by atoms with Gasteiger partial charge in [0.15, 0.2) is 0 Å². The van der Waals surface area contributed by atoms with Gasteiger partial charge in [-0.25, -0.2) is 0 Å². The first-order valence-corrected chi connectivity index (χ1v) is 12.1. The molecule has 184 valence electrons. The number of ether oxygens (including phenoxy) is 1. The number of hydrogen-bond donors (Lipinski definition) is 4. The average Bonchev–Trinajstić information content (AvgIpc) is 3.53. The second-order valence-corrected chi connectivity index (χ2v) is 10.6. The smallest absolute Gasteiger partial charge is 0.268 e.